The third kappa shape index (κ3) is 7.83. The van der Waals surface area contributed by atoms with Crippen LogP contribution in [0.25, 0.3) is 0 Å². The molecule has 0 saturated carbocycles. The van der Waals surface area contributed by atoms with Crippen molar-refractivity contribution in [2.75, 3.05) is 13.1 Å². The Kier molecular flexibility index (Phi) is 9.05. The van der Waals surface area contributed by atoms with Gasteiger partial charge >= 0.3 is 0 Å². The minimum absolute atomic E-state index is 0. The van der Waals surface area contributed by atoms with Gasteiger partial charge in [-0.1, -0.05) is 37.1 Å². The van der Waals surface area contributed by atoms with Crippen molar-refractivity contribution in [1.82, 2.24) is 4.90 Å². The Balaban J connectivity index is 0.00000288. The second-order valence-electron chi connectivity index (χ2n) is 7.30. The van der Waals surface area contributed by atoms with E-state index in [4.69, 9.17) is 10.5 Å². The first-order chi connectivity index (χ1) is 10.9. The van der Waals surface area contributed by atoms with Gasteiger partial charge in [0.25, 0.3) is 0 Å². The number of aliphatic imine (C=N–C) groups is 1. The maximum Gasteiger partial charge on any atom is 0.191 e. The Morgan fingerprint density at radius 3 is 2.38 bits per heavy atom. The zero-order valence-electron chi connectivity index (χ0n) is 15.3. The molecule has 2 rings (SSSR count). The van der Waals surface area contributed by atoms with E-state index in [9.17, 15) is 0 Å². The molecule has 1 aliphatic rings. The van der Waals surface area contributed by atoms with Crippen molar-refractivity contribution in [3.8, 4) is 0 Å². The molecular formula is C19H32IN3O. The van der Waals surface area contributed by atoms with Crippen LogP contribution in [0.2, 0.25) is 0 Å². The average Bonchev–Trinajstić information content (AvgIpc) is 2.80. The highest BCUT2D eigenvalue weighted by atomic mass is 127. The first-order valence-corrected chi connectivity index (χ1v) is 8.71. The summed E-state index contributed by atoms with van der Waals surface area (Å²) in [6.07, 6.45) is 5.05. The van der Waals surface area contributed by atoms with Crippen LogP contribution < -0.4 is 5.73 Å². The summed E-state index contributed by atoms with van der Waals surface area (Å²) in [5, 5.41) is 0. The molecule has 0 amide bonds. The maximum atomic E-state index is 6.17. The van der Waals surface area contributed by atoms with Gasteiger partial charge in [-0.25, -0.2) is 4.99 Å². The Labute approximate surface area is 163 Å². The van der Waals surface area contributed by atoms with Crippen molar-refractivity contribution in [2.45, 2.75) is 65.2 Å². The van der Waals surface area contributed by atoms with Crippen molar-refractivity contribution in [3.05, 3.63) is 35.4 Å². The zero-order valence-corrected chi connectivity index (χ0v) is 17.6. The smallest absolute Gasteiger partial charge is 0.191 e. The van der Waals surface area contributed by atoms with Crippen LogP contribution in [-0.2, 0) is 17.9 Å². The van der Waals surface area contributed by atoms with E-state index in [0.29, 0.717) is 19.1 Å². The van der Waals surface area contributed by atoms with Crippen LogP contribution in [-0.4, -0.2) is 29.6 Å². The standard InChI is InChI=1S/C19H31N3O.HI/c1-19(2,3)23-15-17-10-8-9-16(13-17)14-21-18(20)22-11-6-4-5-7-12-22;/h8-10,13H,4-7,11-12,14-15H2,1-3H3,(H2,20,21);1H. The van der Waals surface area contributed by atoms with Crippen LogP contribution in [0.5, 0.6) is 0 Å². The molecule has 0 atom stereocenters. The van der Waals surface area contributed by atoms with Crippen molar-refractivity contribution in [2.24, 2.45) is 10.7 Å². The predicted molar refractivity (Wildman–Crippen MR) is 112 cm³/mol. The first kappa shape index (κ1) is 21.2. The lowest BCUT2D eigenvalue weighted by Crippen LogP contribution is -2.38. The highest BCUT2D eigenvalue weighted by Gasteiger charge is 2.11. The van der Waals surface area contributed by atoms with E-state index in [0.717, 1.165) is 13.1 Å². The zero-order chi connectivity index (χ0) is 16.7. The summed E-state index contributed by atoms with van der Waals surface area (Å²) in [4.78, 5) is 6.81. The van der Waals surface area contributed by atoms with Gasteiger partial charge in [0, 0.05) is 13.1 Å². The molecule has 2 N–H and O–H groups in total. The highest BCUT2D eigenvalue weighted by Crippen LogP contribution is 2.14. The Morgan fingerprint density at radius 2 is 1.75 bits per heavy atom. The largest absolute Gasteiger partial charge is 0.371 e. The molecule has 1 heterocycles. The maximum absolute atomic E-state index is 6.17. The quantitative estimate of drug-likeness (QED) is 0.427. The molecule has 0 radical (unpaired) electrons. The molecule has 24 heavy (non-hydrogen) atoms. The summed E-state index contributed by atoms with van der Waals surface area (Å²) in [7, 11) is 0. The normalized spacial score (nSPS) is 16.5. The van der Waals surface area contributed by atoms with Gasteiger partial charge in [0.1, 0.15) is 0 Å². The van der Waals surface area contributed by atoms with Crippen molar-refractivity contribution >= 4 is 29.9 Å². The minimum Gasteiger partial charge on any atom is -0.371 e. The number of hydrogen-bond acceptors (Lipinski definition) is 2. The van der Waals surface area contributed by atoms with Gasteiger partial charge in [-0.05, 0) is 44.7 Å². The van der Waals surface area contributed by atoms with Gasteiger partial charge in [-0.3, -0.25) is 0 Å². The Morgan fingerprint density at radius 1 is 1.12 bits per heavy atom. The number of ether oxygens (including phenoxy) is 1. The number of halogens is 1. The number of benzene rings is 1. The van der Waals surface area contributed by atoms with Crippen LogP contribution in [0.4, 0.5) is 0 Å². The molecule has 0 unspecified atom stereocenters. The van der Waals surface area contributed by atoms with Gasteiger partial charge in [0.05, 0.1) is 18.8 Å². The lowest BCUT2D eigenvalue weighted by molar-refractivity contribution is -0.0149. The average molecular weight is 445 g/mol. The van der Waals surface area contributed by atoms with E-state index in [1.165, 1.54) is 36.8 Å². The van der Waals surface area contributed by atoms with Crippen LogP contribution in [0, 0.1) is 0 Å². The summed E-state index contributed by atoms with van der Waals surface area (Å²) >= 11 is 0. The number of hydrogen-bond donors (Lipinski definition) is 1. The van der Waals surface area contributed by atoms with Gasteiger partial charge < -0.3 is 15.4 Å². The molecule has 1 aromatic carbocycles. The monoisotopic (exact) mass is 445 g/mol. The molecule has 0 aliphatic carbocycles. The van der Waals surface area contributed by atoms with E-state index >= 15 is 0 Å². The molecular weight excluding hydrogens is 413 g/mol. The number of nitrogens with zero attached hydrogens (tertiary/aromatic N) is 2. The summed E-state index contributed by atoms with van der Waals surface area (Å²) < 4.78 is 5.84. The molecule has 0 spiro atoms. The van der Waals surface area contributed by atoms with E-state index in [-0.39, 0.29) is 29.6 Å². The molecule has 1 fully saturated rings. The first-order valence-electron chi connectivity index (χ1n) is 8.71. The third-order valence-corrected chi connectivity index (χ3v) is 4.02. The molecule has 0 aromatic heterocycles. The topological polar surface area (TPSA) is 50.9 Å². The van der Waals surface area contributed by atoms with Crippen LogP contribution in [0.15, 0.2) is 29.3 Å². The van der Waals surface area contributed by atoms with Crippen molar-refractivity contribution in [1.29, 1.82) is 0 Å². The van der Waals surface area contributed by atoms with Crippen LogP contribution in [0.3, 0.4) is 0 Å². The SMILES string of the molecule is CC(C)(C)OCc1cccc(CN=C(N)N2CCCCCC2)c1.I. The van der Waals surface area contributed by atoms with Gasteiger partial charge in [-0.2, -0.15) is 0 Å². The van der Waals surface area contributed by atoms with E-state index < -0.39 is 0 Å². The molecule has 0 bridgehead atoms. The molecule has 5 heteroatoms. The molecule has 136 valence electrons. The summed E-state index contributed by atoms with van der Waals surface area (Å²) in [6, 6.07) is 8.41. The van der Waals surface area contributed by atoms with Crippen molar-refractivity contribution in [3.63, 3.8) is 0 Å². The predicted octanol–water partition coefficient (Wildman–Crippen LogP) is 4.31. The Bertz CT molecular complexity index is 518. The molecule has 1 saturated heterocycles. The number of guanidine groups is 1. The van der Waals surface area contributed by atoms with Crippen LogP contribution in [0.1, 0.15) is 57.6 Å². The fraction of sp³-hybridized carbons (Fsp3) is 0.632. The minimum atomic E-state index is -0.120. The lowest BCUT2D eigenvalue weighted by atomic mass is 10.1. The molecule has 4 nitrogen and oxygen atoms in total. The van der Waals surface area contributed by atoms with E-state index in [2.05, 4.69) is 54.9 Å². The summed E-state index contributed by atoms with van der Waals surface area (Å²) in [5.74, 6) is 0.684. The van der Waals surface area contributed by atoms with Crippen LogP contribution >= 0.6 is 24.0 Å². The summed E-state index contributed by atoms with van der Waals surface area (Å²) in [5.41, 5.74) is 8.41. The highest BCUT2D eigenvalue weighted by molar-refractivity contribution is 14.0. The molecule has 1 aromatic rings. The molecule has 1 aliphatic heterocycles. The second kappa shape index (κ2) is 10.2. The van der Waals surface area contributed by atoms with E-state index in [1.54, 1.807) is 0 Å². The summed E-state index contributed by atoms with van der Waals surface area (Å²) in [6.45, 7) is 9.55. The lowest BCUT2D eigenvalue weighted by Gasteiger charge is -2.21. The second-order valence-corrected chi connectivity index (χ2v) is 7.30. The fourth-order valence-corrected chi connectivity index (χ4v) is 2.69. The van der Waals surface area contributed by atoms with Gasteiger partial charge in [0.2, 0.25) is 0 Å². The van der Waals surface area contributed by atoms with Crippen molar-refractivity contribution < 1.29 is 4.74 Å². The number of rotatable bonds is 4. The number of likely N-dealkylation sites (tertiary alicyclic amines) is 1. The Hall–Kier alpha value is -0.820. The number of nitrogens with two attached hydrogens (primary N) is 1. The van der Waals surface area contributed by atoms with Gasteiger partial charge in [-0.15, -0.1) is 24.0 Å². The fourth-order valence-electron chi connectivity index (χ4n) is 2.69. The van der Waals surface area contributed by atoms with Gasteiger partial charge in [0.15, 0.2) is 5.96 Å². The third-order valence-electron chi connectivity index (χ3n) is 4.02. The van der Waals surface area contributed by atoms with E-state index in [1.807, 2.05) is 0 Å².